The fraction of sp³-hybridized carbons (Fsp3) is 0.500. The van der Waals surface area contributed by atoms with Gasteiger partial charge < -0.3 is 9.80 Å². The van der Waals surface area contributed by atoms with Gasteiger partial charge in [0.25, 0.3) is 0 Å². The summed E-state index contributed by atoms with van der Waals surface area (Å²) >= 11 is 1.89. The smallest absolute Gasteiger partial charge is 0.224 e. The van der Waals surface area contributed by atoms with Gasteiger partial charge >= 0.3 is 0 Å². The van der Waals surface area contributed by atoms with Crippen LogP contribution in [0.3, 0.4) is 0 Å². The third-order valence-corrected chi connectivity index (χ3v) is 7.96. The van der Waals surface area contributed by atoms with E-state index < -0.39 is 0 Å². The summed E-state index contributed by atoms with van der Waals surface area (Å²) in [5.74, 6) is 2.07. The lowest BCUT2D eigenvalue weighted by molar-refractivity contribution is -0.133. The van der Waals surface area contributed by atoms with Gasteiger partial charge in [-0.05, 0) is 69.3 Å². The standard InChI is InChI=1S/C26H34N2OS/c1-20-8-9-25-24(16-20)18-28(21(2)19-30-25)26(29)12-15-27-13-10-23(11-14-27)17-22-6-4-3-5-7-22/h3-9,16,21,23H,10-15,17-19H2,1-2H3/t21-/m1/s1. The van der Waals surface area contributed by atoms with Gasteiger partial charge in [-0.3, -0.25) is 4.79 Å². The number of carbonyl (C=O) groups is 1. The van der Waals surface area contributed by atoms with E-state index in [-0.39, 0.29) is 6.04 Å². The molecule has 1 saturated heterocycles. The van der Waals surface area contributed by atoms with Gasteiger partial charge in [-0.25, -0.2) is 0 Å². The van der Waals surface area contributed by atoms with Crippen molar-refractivity contribution in [1.29, 1.82) is 0 Å². The summed E-state index contributed by atoms with van der Waals surface area (Å²) in [5, 5.41) is 0. The molecule has 1 amide bonds. The van der Waals surface area contributed by atoms with Gasteiger partial charge in [0, 0.05) is 36.2 Å². The molecule has 0 aromatic heterocycles. The zero-order valence-corrected chi connectivity index (χ0v) is 19.2. The molecule has 4 heteroatoms. The molecule has 1 fully saturated rings. The SMILES string of the molecule is Cc1ccc2c(c1)CN(C(=O)CCN1CCC(Cc3ccccc3)CC1)[C@H](C)CS2. The predicted octanol–water partition coefficient (Wildman–Crippen LogP) is 5.16. The molecule has 2 aromatic rings. The van der Waals surface area contributed by atoms with Gasteiger partial charge in [0.2, 0.25) is 5.91 Å². The van der Waals surface area contributed by atoms with Crippen LogP contribution in [-0.2, 0) is 17.8 Å². The van der Waals surface area contributed by atoms with Crippen LogP contribution in [0.25, 0.3) is 0 Å². The second kappa shape index (κ2) is 10.0. The predicted molar refractivity (Wildman–Crippen MR) is 126 cm³/mol. The summed E-state index contributed by atoms with van der Waals surface area (Å²) in [6.07, 6.45) is 4.31. The number of rotatable bonds is 5. The number of aryl methyl sites for hydroxylation is 1. The van der Waals surface area contributed by atoms with Crippen molar-refractivity contribution >= 4 is 17.7 Å². The van der Waals surface area contributed by atoms with Crippen molar-refractivity contribution in [3.63, 3.8) is 0 Å². The minimum atomic E-state index is 0.284. The summed E-state index contributed by atoms with van der Waals surface area (Å²) in [5.41, 5.74) is 4.03. The van der Waals surface area contributed by atoms with E-state index in [9.17, 15) is 4.79 Å². The average molecular weight is 423 g/mol. The molecule has 30 heavy (non-hydrogen) atoms. The quantitative estimate of drug-likeness (QED) is 0.665. The van der Waals surface area contributed by atoms with Crippen molar-refractivity contribution in [2.45, 2.75) is 57.0 Å². The van der Waals surface area contributed by atoms with Crippen molar-refractivity contribution < 1.29 is 4.79 Å². The van der Waals surface area contributed by atoms with Crippen molar-refractivity contribution in [3.05, 3.63) is 65.2 Å². The first-order valence-corrected chi connectivity index (χ1v) is 12.3. The highest BCUT2D eigenvalue weighted by Gasteiger charge is 2.26. The molecule has 0 bridgehead atoms. The van der Waals surface area contributed by atoms with Crippen molar-refractivity contribution in [3.8, 4) is 0 Å². The van der Waals surface area contributed by atoms with Crippen LogP contribution >= 0.6 is 11.8 Å². The molecular weight excluding hydrogens is 388 g/mol. The van der Waals surface area contributed by atoms with Crippen LogP contribution in [0, 0.1) is 12.8 Å². The third kappa shape index (κ3) is 5.47. The summed E-state index contributed by atoms with van der Waals surface area (Å²) < 4.78 is 0. The van der Waals surface area contributed by atoms with E-state index in [1.807, 2.05) is 11.8 Å². The molecule has 3 nitrogen and oxygen atoms in total. The Hall–Kier alpha value is -1.78. The lowest BCUT2D eigenvalue weighted by Crippen LogP contribution is -2.41. The molecule has 0 unspecified atom stereocenters. The molecular formula is C26H34N2OS. The molecule has 0 spiro atoms. The Morgan fingerprint density at radius 3 is 2.63 bits per heavy atom. The Morgan fingerprint density at radius 1 is 1.10 bits per heavy atom. The third-order valence-electron chi connectivity index (χ3n) is 6.61. The Bertz CT molecular complexity index is 845. The van der Waals surface area contributed by atoms with E-state index in [1.165, 1.54) is 40.8 Å². The number of fused-ring (bicyclic) bond motifs is 1. The van der Waals surface area contributed by atoms with Crippen LogP contribution in [0.15, 0.2) is 53.4 Å². The minimum absolute atomic E-state index is 0.284. The van der Waals surface area contributed by atoms with Crippen LogP contribution in [0.4, 0.5) is 0 Å². The normalized spacial score (nSPS) is 20.6. The van der Waals surface area contributed by atoms with Gasteiger partial charge in [-0.2, -0.15) is 0 Å². The second-order valence-corrected chi connectivity index (χ2v) is 10.1. The molecule has 2 aliphatic heterocycles. The number of carbonyl (C=O) groups excluding carboxylic acids is 1. The van der Waals surface area contributed by atoms with Crippen LogP contribution < -0.4 is 0 Å². The van der Waals surface area contributed by atoms with E-state index in [2.05, 4.69) is 72.2 Å². The molecule has 160 valence electrons. The lowest BCUT2D eigenvalue weighted by Gasteiger charge is -2.33. The van der Waals surface area contributed by atoms with Crippen LogP contribution in [0.2, 0.25) is 0 Å². The maximum Gasteiger partial charge on any atom is 0.224 e. The van der Waals surface area contributed by atoms with Gasteiger partial charge in [0.15, 0.2) is 0 Å². The number of hydrogen-bond donors (Lipinski definition) is 0. The molecule has 2 aliphatic rings. The molecule has 0 radical (unpaired) electrons. The van der Waals surface area contributed by atoms with Crippen molar-refractivity contribution in [2.75, 3.05) is 25.4 Å². The number of nitrogens with zero attached hydrogens (tertiary/aromatic N) is 2. The zero-order chi connectivity index (χ0) is 20.9. The highest BCUT2D eigenvalue weighted by atomic mass is 32.2. The summed E-state index contributed by atoms with van der Waals surface area (Å²) in [7, 11) is 0. The van der Waals surface area contributed by atoms with Crippen LogP contribution in [0.1, 0.15) is 42.9 Å². The molecule has 0 N–H and O–H groups in total. The highest BCUT2D eigenvalue weighted by Crippen LogP contribution is 2.31. The Balaban J connectivity index is 1.26. The van der Waals surface area contributed by atoms with Crippen LogP contribution in [0.5, 0.6) is 0 Å². The Morgan fingerprint density at radius 2 is 1.87 bits per heavy atom. The molecule has 4 rings (SSSR count). The number of likely N-dealkylation sites (tertiary alicyclic amines) is 1. The molecule has 1 atom stereocenters. The number of benzene rings is 2. The van der Waals surface area contributed by atoms with Gasteiger partial charge in [-0.15, -0.1) is 11.8 Å². The number of hydrogen-bond acceptors (Lipinski definition) is 3. The first-order chi connectivity index (χ1) is 14.6. The average Bonchev–Trinajstić information content (AvgIpc) is 2.92. The second-order valence-electron chi connectivity index (χ2n) is 9.02. The first-order valence-electron chi connectivity index (χ1n) is 11.4. The van der Waals surface area contributed by atoms with Gasteiger partial charge in [0.05, 0.1) is 0 Å². The number of thioether (sulfide) groups is 1. The Kier molecular flexibility index (Phi) is 7.16. The first kappa shape index (κ1) is 21.5. The molecule has 0 saturated carbocycles. The lowest BCUT2D eigenvalue weighted by atomic mass is 9.90. The van der Waals surface area contributed by atoms with E-state index in [0.717, 1.165) is 37.8 Å². The summed E-state index contributed by atoms with van der Waals surface area (Å²) in [4.78, 5) is 19.0. The van der Waals surface area contributed by atoms with E-state index in [0.29, 0.717) is 12.3 Å². The van der Waals surface area contributed by atoms with Gasteiger partial charge in [-0.1, -0.05) is 48.0 Å². The largest absolute Gasteiger partial charge is 0.335 e. The maximum atomic E-state index is 13.1. The number of piperidine rings is 1. The Labute approximate surface area is 185 Å². The highest BCUT2D eigenvalue weighted by molar-refractivity contribution is 7.99. The topological polar surface area (TPSA) is 23.6 Å². The van der Waals surface area contributed by atoms with E-state index in [4.69, 9.17) is 0 Å². The van der Waals surface area contributed by atoms with E-state index >= 15 is 0 Å². The van der Waals surface area contributed by atoms with Crippen molar-refractivity contribution in [2.24, 2.45) is 5.92 Å². The maximum absolute atomic E-state index is 13.1. The fourth-order valence-corrected chi connectivity index (χ4v) is 5.78. The summed E-state index contributed by atoms with van der Waals surface area (Å²) in [6, 6.07) is 17.8. The number of amides is 1. The zero-order valence-electron chi connectivity index (χ0n) is 18.3. The van der Waals surface area contributed by atoms with Crippen molar-refractivity contribution in [1.82, 2.24) is 9.80 Å². The molecule has 0 aliphatic carbocycles. The minimum Gasteiger partial charge on any atom is -0.335 e. The monoisotopic (exact) mass is 422 g/mol. The molecule has 2 heterocycles. The molecule has 2 aromatic carbocycles. The van der Waals surface area contributed by atoms with Gasteiger partial charge in [0.1, 0.15) is 0 Å². The fourth-order valence-electron chi connectivity index (χ4n) is 4.71. The van der Waals surface area contributed by atoms with E-state index in [1.54, 1.807) is 0 Å². The summed E-state index contributed by atoms with van der Waals surface area (Å²) in [6.45, 7) is 8.22. The van der Waals surface area contributed by atoms with Crippen LogP contribution in [-0.4, -0.2) is 47.1 Å².